The summed E-state index contributed by atoms with van der Waals surface area (Å²) in [5.41, 5.74) is 6.02. The van der Waals surface area contributed by atoms with Crippen LogP contribution < -0.4 is 10.5 Å². The molecule has 0 aliphatic heterocycles. The molecule has 0 spiro atoms. The fraction of sp³-hybridized carbons (Fsp3) is 0.0769. The maximum atomic E-state index is 13.0. The Balaban J connectivity index is 2.19. The highest BCUT2D eigenvalue weighted by atomic mass is 79.9. The lowest BCUT2D eigenvalue weighted by Gasteiger charge is -2.11. The van der Waals surface area contributed by atoms with Gasteiger partial charge in [-0.15, -0.1) is 0 Å². The third-order valence-electron chi connectivity index (χ3n) is 2.34. The molecule has 2 aromatic rings. The van der Waals surface area contributed by atoms with Crippen molar-refractivity contribution in [1.29, 1.82) is 0 Å². The highest BCUT2D eigenvalue weighted by molar-refractivity contribution is 9.10. The maximum Gasteiger partial charge on any atom is 0.157 e. The SMILES string of the molecule is Nc1cc(F)cc(Br)c1OCc1cc(F)cc(F)c1. The molecular weight excluding hydrogens is 323 g/mol. The summed E-state index contributed by atoms with van der Waals surface area (Å²) >= 11 is 3.11. The van der Waals surface area contributed by atoms with E-state index in [4.69, 9.17) is 10.5 Å². The van der Waals surface area contributed by atoms with Crippen LogP contribution in [0.3, 0.4) is 0 Å². The average molecular weight is 332 g/mol. The second kappa shape index (κ2) is 5.52. The zero-order chi connectivity index (χ0) is 14.0. The molecule has 0 saturated heterocycles. The lowest BCUT2D eigenvalue weighted by molar-refractivity contribution is 0.304. The van der Waals surface area contributed by atoms with E-state index in [0.717, 1.165) is 24.3 Å². The fourth-order valence-corrected chi connectivity index (χ4v) is 2.14. The Morgan fingerprint density at radius 3 is 2.11 bits per heavy atom. The molecule has 0 heterocycles. The number of hydrogen-bond acceptors (Lipinski definition) is 2. The van der Waals surface area contributed by atoms with Crippen molar-refractivity contribution in [2.24, 2.45) is 0 Å². The van der Waals surface area contributed by atoms with Gasteiger partial charge in [-0.1, -0.05) is 0 Å². The minimum absolute atomic E-state index is 0.0802. The van der Waals surface area contributed by atoms with Gasteiger partial charge in [0.05, 0.1) is 10.2 Å². The zero-order valence-corrected chi connectivity index (χ0v) is 11.2. The lowest BCUT2D eigenvalue weighted by Crippen LogP contribution is -2.01. The molecule has 6 heteroatoms. The van der Waals surface area contributed by atoms with Gasteiger partial charge in [-0.3, -0.25) is 0 Å². The molecule has 0 aliphatic carbocycles. The second-order valence-corrected chi connectivity index (χ2v) is 4.73. The maximum absolute atomic E-state index is 13.0. The predicted molar refractivity (Wildman–Crippen MR) is 69.2 cm³/mol. The summed E-state index contributed by atoms with van der Waals surface area (Å²) in [6.45, 7) is -0.0802. The lowest BCUT2D eigenvalue weighted by atomic mass is 10.2. The fourth-order valence-electron chi connectivity index (χ4n) is 1.58. The number of nitrogens with two attached hydrogens (primary N) is 1. The summed E-state index contributed by atoms with van der Waals surface area (Å²) in [7, 11) is 0. The van der Waals surface area contributed by atoms with E-state index < -0.39 is 17.5 Å². The van der Waals surface area contributed by atoms with E-state index in [1.807, 2.05) is 0 Å². The van der Waals surface area contributed by atoms with Gasteiger partial charge in [0, 0.05) is 12.1 Å². The molecular formula is C13H9BrF3NO. The number of ether oxygens (including phenoxy) is 1. The van der Waals surface area contributed by atoms with Crippen molar-refractivity contribution >= 4 is 21.6 Å². The Kier molecular flexibility index (Phi) is 3.99. The molecule has 2 rings (SSSR count). The minimum Gasteiger partial charge on any atom is -0.486 e. The molecule has 0 saturated carbocycles. The van der Waals surface area contributed by atoms with Crippen LogP contribution in [0.2, 0.25) is 0 Å². The van der Waals surface area contributed by atoms with Crippen molar-refractivity contribution in [2.45, 2.75) is 6.61 Å². The van der Waals surface area contributed by atoms with Crippen LogP contribution in [0, 0.1) is 17.5 Å². The number of anilines is 1. The van der Waals surface area contributed by atoms with Crippen LogP contribution in [0.1, 0.15) is 5.56 Å². The Bertz CT molecular complexity index is 576. The third kappa shape index (κ3) is 3.41. The Labute approximate surface area is 116 Å². The smallest absolute Gasteiger partial charge is 0.157 e. The van der Waals surface area contributed by atoms with Crippen LogP contribution >= 0.6 is 15.9 Å². The van der Waals surface area contributed by atoms with Crippen LogP contribution in [-0.4, -0.2) is 0 Å². The molecule has 0 bridgehead atoms. The Hall–Kier alpha value is -1.69. The Morgan fingerprint density at radius 2 is 1.53 bits per heavy atom. The van der Waals surface area contributed by atoms with Gasteiger partial charge in [-0.25, -0.2) is 13.2 Å². The van der Waals surface area contributed by atoms with Crippen LogP contribution in [0.5, 0.6) is 5.75 Å². The molecule has 2 N–H and O–H groups in total. The normalized spacial score (nSPS) is 10.5. The summed E-state index contributed by atoms with van der Waals surface area (Å²) in [4.78, 5) is 0. The molecule has 0 atom stereocenters. The molecule has 0 fully saturated rings. The van der Waals surface area contributed by atoms with Crippen molar-refractivity contribution < 1.29 is 17.9 Å². The quantitative estimate of drug-likeness (QED) is 0.862. The first-order chi connectivity index (χ1) is 8.95. The van der Waals surface area contributed by atoms with Crippen molar-refractivity contribution in [2.75, 3.05) is 5.73 Å². The monoisotopic (exact) mass is 331 g/mol. The first-order valence-corrected chi connectivity index (χ1v) is 6.07. The van der Waals surface area contributed by atoms with Crippen molar-refractivity contribution in [1.82, 2.24) is 0 Å². The van der Waals surface area contributed by atoms with Crippen LogP contribution in [0.25, 0.3) is 0 Å². The topological polar surface area (TPSA) is 35.2 Å². The van der Waals surface area contributed by atoms with Gasteiger partial charge in [-0.2, -0.15) is 0 Å². The number of nitrogen functional groups attached to an aromatic ring is 1. The number of benzene rings is 2. The van der Waals surface area contributed by atoms with Gasteiger partial charge >= 0.3 is 0 Å². The highest BCUT2D eigenvalue weighted by Crippen LogP contribution is 2.33. The molecule has 0 radical (unpaired) electrons. The van der Waals surface area contributed by atoms with Crippen molar-refractivity contribution in [3.63, 3.8) is 0 Å². The van der Waals surface area contributed by atoms with E-state index in [0.29, 0.717) is 10.0 Å². The van der Waals surface area contributed by atoms with Crippen molar-refractivity contribution in [3.05, 3.63) is 57.8 Å². The molecule has 2 nitrogen and oxygen atoms in total. The van der Waals surface area contributed by atoms with Gasteiger partial charge < -0.3 is 10.5 Å². The van der Waals surface area contributed by atoms with Crippen molar-refractivity contribution in [3.8, 4) is 5.75 Å². The van der Waals surface area contributed by atoms with E-state index in [1.165, 1.54) is 6.07 Å². The highest BCUT2D eigenvalue weighted by Gasteiger charge is 2.09. The van der Waals surface area contributed by atoms with Gasteiger partial charge in [-0.05, 0) is 39.7 Å². The van der Waals surface area contributed by atoms with Gasteiger partial charge in [0.2, 0.25) is 0 Å². The molecule has 0 aromatic heterocycles. The van der Waals surface area contributed by atoms with Crippen LogP contribution in [-0.2, 0) is 6.61 Å². The van der Waals surface area contributed by atoms with Gasteiger partial charge in [0.15, 0.2) is 5.75 Å². The summed E-state index contributed by atoms with van der Waals surface area (Å²) in [5.74, 6) is -1.66. The minimum atomic E-state index is -0.690. The van der Waals surface area contributed by atoms with Crippen LogP contribution in [0.15, 0.2) is 34.8 Å². The first kappa shape index (κ1) is 13.7. The Morgan fingerprint density at radius 1 is 0.947 bits per heavy atom. The van der Waals surface area contributed by atoms with E-state index in [1.54, 1.807) is 0 Å². The summed E-state index contributed by atoms with van der Waals surface area (Å²) in [5, 5.41) is 0. The van der Waals surface area contributed by atoms with Gasteiger partial charge in [0.1, 0.15) is 24.1 Å². The molecule has 2 aromatic carbocycles. The molecule has 19 heavy (non-hydrogen) atoms. The average Bonchev–Trinajstić information content (AvgIpc) is 2.25. The molecule has 0 amide bonds. The molecule has 0 aliphatic rings. The summed E-state index contributed by atoms with van der Waals surface area (Å²) in [6.07, 6.45) is 0. The van der Waals surface area contributed by atoms with E-state index >= 15 is 0 Å². The summed E-state index contributed by atoms with van der Waals surface area (Å²) < 4.78 is 44.7. The van der Waals surface area contributed by atoms with Crippen LogP contribution in [0.4, 0.5) is 18.9 Å². The summed E-state index contributed by atoms with van der Waals surface area (Å²) in [6, 6.07) is 5.36. The van der Waals surface area contributed by atoms with Gasteiger partial charge in [0.25, 0.3) is 0 Å². The second-order valence-electron chi connectivity index (χ2n) is 3.87. The zero-order valence-electron chi connectivity index (χ0n) is 9.59. The molecule has 100 valence electrons. The number of hydrogen-bond donors (Lipinski definition) is 1. The van der Waals surface area contributed by atoms with E-state index in [2.05, 4.69) is 15.9 Å². The number of rotatable bonds is 3. The largest absolute Gasteiger partial charge is 0.486 e. The van der Waals surface area contributed by atoms with E-state index in [9.17, 15) is 13.2 Å². The number of halogens is 4. The van der Waals surface area contributed by atoms with E-state index in [-0.39, 0.29) is 18.0 Å². The predicted octanol–water partition coefficient (Wildman–Crippen LogP) is 4.03. The third-order valence-corrected chi connectivity index (χ3v) is 2.93. The molecule has 0 unspecified atom stereocenters. The first-order valence-electron chi connectivity index (χ1n) is 5.28. The standard InChI is InChI=1S/C13H9BrF3NO/c14-11-4-10(17)5-12(18)13(11)19-6-7-1-8(15)3-9(16)2-7/h1-5H,6,18H2.